The van der Waals surface area contributed by atoms with Gasteiger partial charge in [-0.1, -0.05) is 102 Å². The lowest BCUT2D eigenvalue weighted by Gasteiger charge is -2.31. The van der Waals surface area contributed by atoms with Crippen LogP contribution in [0.5, 0.6) is 0 Å². The van der Waals surface area contributed by atoms with Crippen molar-refractivity contribution in [3.8, 4) is 6.07 Å². The van der Waals surface area contributed by atoms with Gasteiger partial charge < -0.3 is 15.4 Å². The summed E-state index contributed by atoms with van der Waals surface area (Å²) in [7, 11) is 0. The number of dihydropyridines is 1. The van der Waals surface area contributed by atoms with Crippen LogP contribution in [0.25, 0.3) is 5.70 Å². The first-order chi connectivity index (χ1) is 18.5. The van der Waals surface area contributed by atoms with Gasteiger partial charge in [-0.2, -0.15) is 5.26 Å². The van der Waals surface area contributed by atoms with Crippen molar-refractivity contribution >= 4 is 40.9 Å². The SMILES string of the molecule is CCOC(=O)C1=C(c2ccccc2)NC(SCC(=O)NCc2ccccc2)=C(C#N)[C@@H]1c1ccccc1Cl. The molecule has 4 rings (SSSR count). The number of nitrogens with one attached hydrogen (secondary N) is 2. The number of rotatable bonds is 9. The highest BCUT2D eigenvalue weighted by molar-refractivity contribution is 8.03. The Morgan fingerprint density at radius 2 is 1.68 bits per heavy atom. The molecule has 0 unspecified atom stereocenters. The van der Waals surface area contributed by atoms with E-state index in [1.807, 2.05) is 66.7 Å². The van der Waals surface area contributed by atoms with E-state index in [0.29, 0.717) is 39.0 Å². The maximum Gasteiger partial charge on any atom is 0.337 e. The van der Waals surface area contributed by atoms with Gasteiger partial charge in [0.1, 0.15) is 0 Å². The number of nitriles is 1. The minimum atomic E-state index is -0.779. The van der Waals surface area contributed by atoms with Crippen molar-refractivity contribution in [1.29, 1.82) is 5.26 Å². The molecule has 3 aromatic rings. The van der Waals surface area contributed by atoms with E-state index in [4.69, 9.17) is 16.3 Å². The molecule has 6 nitrogen and oxygen atoms in total. The van der Waals surface area contributed by atoms with E-state index in [1.54, 1.807) is 25.1 Å². The maximum absolute atomic E-state index is 13.4. The summed E-state index contributed by atoms with van der Waals surface area (Å²) in [6, 6.07) is 28.4. The molecule has 1 amide bonds. The molecule has 1 atom stereocenters. The third-order valence-electron chi connectivity index (χ3n) is 5.90. The van der Waals surface area contributed by atoms with Crippen LogP contribution in [0.2, 0.25) is 5.02 Å². The average Bonchev–Trinajstić information content (AvgIpc) is 2.95. The lowest BCUT2D eigenvalue weighted by Crippen LogP contribution is -2.30. The number of thioether (sulfide) groups is 1. The van der Waals surface area contributed by atoms with E-state index < -0.39 is 11.9 Å². The van der Waals surface area contributed by atoms with Gasteiger partial charge in [0.2, 0.25) is 5.91 Å². The van der Waals surface area contributed by atoms with Crippen molar-refractivity contribution in [2.45, 2.75) is 19.4 Å². The van der Waals surface area contributed by atoms with E-state index in [0.717, 1.165) is 11.1 Å². The van der Waals surface area contributed by atoms with Gasteiger partial charge in [0, 0.05) is 11.6 Å². The van der Waals surface area contributed by atoms with Crippen LogP contribution in [0.3, 0.4) is 0 Å². The molecular weight excluding hydrogens is 518 g/mol. The van der Waals surface area contributed by atoms with Crippen LogP contribution in [0.15, 0.2) is 101 Å². The highest BCUT2D eigenvalue weighted by atomic mass is 35.5. The number of esters is 1. The minimum absolute atomic E-state index is 0.0758. The van der Waals surface area contributed by atoms with Gasteiger partial charge in [-0.05, 0) is 29.7 Å². The van der Waals surface area contributed by atoms with Crippen molar-refractivity contribution < 1.29 is 14.3 Å². The highest BCUT2D eigenvalue weighted by Crippen LogP contribution is 2.45. The molecule has 1 heterocycles. The Labute approximate surface area is 231 Å². The van der Waals surface area contributed by atoms with Crippen molar-refractivity contribution in [3.05, 3.63) is 123 Å². The smallest absolute Gasteiger partial charge is 0.337 e. The lowest BCUT2D eigenvalue weighted by molar-refractivity contribution is -0.138. The molecule has 0 spiro atoms. The second-order valence-corrected chi connectivity index (χ2v) is 9.75. The monoisotopic (exact) mass is 543 g/mol. The van der Waals surface area contributed by atoms with Crippen LogP contribution in [0.4, 0.5) is 0 Å². The van der Waals surface area contributed by atoms with E-state index in [2.05, 4.69) is 16.7 Å². The van der Waals surface area contributed by atoms with Crippen LogP contribution in [0.1, 0.15) is 29.5 Å². The Hall–Kier alpha value is -3.99. The topological polar surface area (TPSA) is 91.2 Å². The zero-order valence-corrected chi connectivity index (χ0v) is 22.3. The summed E-state index contributed by atoms with van der Waals surface area (Å²) in [6.45, 7) is 2.31. The zero-order chi connectivity index (χ0) is 26.9. The molecular formula is C30H26ClN3O3S. The number of ether oxygens (including phenoxy) is 1. The number of nitrogens with zero attached hydrogens (tertiary/aromatic N) is 1. The highest BCUT2D eigenvalue weighted by Gasteiger charge is 2.38. The maximum atomic E-state index is 13.4. The summed E-state index contributed by atoms with van der Waals surface area (Å²) in [6.07, 6.45) is 0. The second kappa shape index (κ2) is 13.0. The molecule has 8 heteroatoms. The van der Waals surface area contributed by atoms with Gasteiger partial charge in [0.05, 0.1) is 46.2 Å². The number of carbonyl (C=O) groups is 2. The Kier molecular flexibility index (Phi) is 9.26. The van der Waals surface area contributed by atoms with Gasteiger partial charge in [-0.25, -0.2) is 4.79 Å². The molecule has 0 aliphatic carbocycles. The molecule has 0 saturated heterocycles. The molecule has 0 bridgehead atoms. The molecule has 0 radical (unpaired) electrons. The van der Waals surface area contributed by atoms with Crippen molar-refractivity contribution in [2.75, 3.05) is 12.4 Å². The first-order valence-electron chi connectivity index (χ1n) is 12.1. The van der Waals surface area contributed by atoms with Gasteiger partial charge in [0.25, 0.3) is 0 Å². The van der Waals surface area contributed by atoms with Crippen LogP contribution >= 0.6 is 23.4 Å². The molecule has 192 valence electrons. The number of carbonyl (C=O) groups excluding carboxylic acids is 2. The van der Waals surface area contributed by atoms with Gasteiger partial charge in [-0.3, -0.25) is 4.79 Å². The summed E-state index contributed by atoms with van der Waals surface area (Å²) in [4.78, 5) is 26.1. The fraction of sp³-hybridized carbons (Fsp3) is 0.167. The van der Waals surface area contributed by atoms with E-state index in [9.17, 15) is 14.9 Å². The average molecular weight is 544 g/mol. The molecule has 38 heavy (non-hydrogen) atoms. The summed E-state index contributed by atoms with van der Waals surface area (Å²) in [5, 5.41) is 17.4. The third-order valence-corrected chi connectivity index (χ3v) is 7.27. The quantitative estimate of drug-likeness (QED) is 0.332. The molecule has 3 aromatic carbocycles. The predicted octanol–water partition coefficient (Wildman–Crippen LogP) is 5.79. The Morgan fingerprint density at radius 1 is 1.03 bits per heavy atom. The third kappa shape index (κ3) is 6.28. The number of halogens is 1. The van der Waals surface area contributed by atoms with Crippen LogP contribution in [0, 0.1) is 11.3 Å². The minimum Gasteiger partial charge on any atom is -0.463 e. The first-order valence-corrected chi connectivity index (χ1v) is 13.5. The molecule has 0 saturated carbocycles. The molecule has 0 aromatic heterocycles. The van der Waals surface area contributed by atoms with Gasteiger partial charge >= 0.3 is 5.97 Å². The normalized spacial score (nSPS) is 14.9. The fourth-order valence-corrected chi connectivity index (χ4v) is 5.28. The Morgan fingerprint density at radius 3 is 2.34 bits per heavy atom. The van der Waals surface area contributed by atoms with Crippen LogP contribution in [-0.2, 0) is 20.9 Å². The number of allylic oxidation sites excluding steroid dienone is 1. The fourth-order valence-electron chi connectivity index (χ4n) is 4.16. The summed E-state index contributed by atoms with van der Waals surface area (Å²) < 4.78 is 5.44. The zero-order valence-electron chi connectivity index (χ0n) is 20.7. The Bertz CT molecular complexity index is 1420. The number of benzene rings is 3. The molecule has 1 aliphatic rings. The van der Waals surface area contributed by atoms with Crippen LogP contribution in [-0.4, -0.2) is 24.2 Å². The van der Waals surface area contributed by atoms with E-state index in [1.165, 1.54) is 11.8 Å². The summed E-state index contributed by atoms with van der Waals surface area (Å²) in [5.41, 5.74) is 3.44. The molecule has 0 fully saturated rings. The van der Waals surface area contributed by atoms with Crippen molar-refractivity contribution in [1.82, 2.24) is 10.6 Å². The van der Waals surface area contributed by atoms with Gasteiger partial charge in [-0.15, -0.1) is 0 Å². The summed E-state index contributed by atoms with van der Waals surface area (Å²) in [5.74, 6) is -1.42. The second-order valence-electron chi connectivity index (χ2n) is 8.36. The molecule has 2 N–H and O–H groups in total. The lowest BCUT2D eigenvalue weighted by atomic mass is 9.81. The summed E-state index contributed by atoms with van der Waals surface area (Å²) >= 11 is 7.81. The Balaban J connectivity index is 1.73. The van der Waals surface area contributed by atoms with E-state index >= 15 is 0 Å². The van der Waals surface area contributed by atoms with Gasteiger partial charge in [0.15, 0.2) is 0 Å². The number of hydrogen-bond acceptors (Lipinski definition) is 6. The number of hydrogen-bond donors (Lipinski definition) is 2. The number of amides is 1. The van der Waals surface area contributed by atoms with E-state index in [-0.39, 0.29) is 18.3 Å². The molecule has 1 aliphatic heterocycles. The van der Waals surface area contributed by atoms with Crippen molar-refractivity contribution in [2.24, 2.45) is 0 Å². The van der Waals surface area contributed by atoms with Crippen molar-refractivity contribution in [3.63, 3.8) is 0 Å². The standard InChI is InChI=1S/C30H26ClN3O3S/c1-2-37-30(36)27-26(22-15-9-10-16-24(22)31)23(17-32)29(34-28(27)21-13-7-4-8-14-21)38-19-25(35)33-18-20-11-5-3-6-12-20/h3-16,26,34H,2,18-19H2,1H3,(H,33,35)/t26-/m0/s1. The van der Waals surface area contributed by atoms with Crippen LogP contribution < -0.4 is 10.6 Å². The largest absolute Gasteiger partial charge is 0.463 e. The predicted molar refractivity (Wildman–Crippen MR) is 151 cm³/mol. The first kappa shape index (κ1) is 27.1.